The Bertz CT molecular complexity index is 1410. The normalized spacial score (nSPS) is 12.6. The number of fused-ring (bicyclic) bond motifs is 1. The van der Waals surface area contributed by atoms with E-state index in [-0.39, 0.29) is 5.78 Å². The molecule has 1 aromatic carbocycles. The number of hydrogen-bond acceptors (Lipinski definition) is 7. The Hall–Kier alpha value is -4.32. The summed E-state index contributed by atoms with van der Waals surface area (Å²) in [5.74, 6) is 2.13. The van der Waals surface area contributed by atoms with Crippen molar-refractivity contribution in [2.75, 3.05) is 5.32 Å². The van der Waals surface area contributed by atoms with Crippen LogP contribution in [0.3, 0.4) is 0 Å². The molecular weight excluding hydrogens is 404 g/mol. The summed E-state index contributed by atoms with van der Waals surface area (Å²) < 4.78 is 3.50. The number of benzene rings is 1. The van der Waals surface area contributed by atoms with Gasteiger partial charge in [0.05, 0.1) is 34.3 Å². The first-order valence-corrected chi connectivity index (χ1v) is 10.2. The molecule has 0 saturated heterocycles. The molecule has 4 aromatic rings. The third kappa shape index (κ3) is 3.13. The van der Waals surface area contributed by atoms with Crippen molar-refractivity contribution in [3.05, 3.63) is 64.7 Å². The number of nitriles is 1. The zero-order chi connectivity index (χ0) is 22.4. The number of rotatable bonds is 4. The Kier molecular flexibility index (Phi) is 4.56. The molecule has 0 saturated carbocycles. The first-order valence-electron chi connectivity index (χ1n) is 10.2. The molecule has 0 radical (unpaired) electrons. The van der Waals surface area contributed by atoms with Crippen LogP contribution in [-0.4, -0.2) is 35.3 Å². The number of carbonyl (C=O) groups is 1. The van der Waals surface area contributed by atoms with Crippen LogP contribution in [0.25, 0.3) is 17.1 Å². The highest BCUT2D eigenvalue weighted by atomic mass is 16.1. The zero-order valence-electron chi connectivity index (χ0n) is 17.9. The van der Waals surface area contributed by atoms with E-state index in [9.17, 15) is 4.79 Å². The number of nitrogens with one attached hydrogen (secondary N) is 1. The molecule has 9 nitrogen and oxygen atoms in total. The zero-order valence-corrected chi connectivity index (χ0v) is 17.9. The van der Waals surface area contributed by atoms with Crippen molar-refractivity contribution in [3.63, 3.8) is 0 Å². The Labute approximate surface area is 184 Å². The predicted molar refractivity (Wildman–Crippen MR) is 118 cm³/mol. The lowest BCUT2D eigenvalue weighted by atomic mass is 10.1. The first kappa shape index (κ1) is 19.6. The molecule has 0 unspecified atom stereocenters. The van der Waals surface area contributed by atoms with Crippen molar-refractivity contribution >= 4 is 17.4 Å². The Morgan fingerprint density at radius 2 is 1.88 bits per heavy atom. The molecule has 0 spiro atoms. The maximum atomic E-state index is 12.1. The number of Topliss-reactive ketones (excluding diaryl/α,β-unsaturated/α-hetero) is 1. The van der Waals surface area contributed by atoms with Crippen LogP contribution >= 0.6 is 0 Å². The van der Waals surface area contributed by atoms with Crippen LogP contribution in [0.1, 0.15) is 39.3 Å². The number of anilines is 2. The molecule has 0 atom stereocenters. The highest BCUT2D eigenvalue weighted by Gasteiger charge is 2.28. The molecule has 158 valence electrons. The largest absolute Gasteiger partial charge is 0.325 e. The minimum Gasteiger partial charge on any atom is -0.325 e. The number of ketones is 1. The average molecular weight is 424 g/mol. The van der Waals surface area contributed by atoms with E-state index in [0.29, 0.717) is 35.6 Å². The van der Waals surface area contributed by atoms with Crippen molar-refractivity contribution in [2.45, 2.75) is 26.7 Å². The molecule has 0 aliphatic heterocycles. The minimum atomic E-state index is 0.136. The van der Waals surface area contributed by atoms with Gasteiger partial charge >= 0.3 is 0 Å². The fraction of sp³-hybridized carbons (Fsp3) is 0.217. The van der Waals surface area contributed by atoms with Gasteiger partial charge < -0.3 is 5.32 Å². The summed E-state index contributed by atoms with van der Waals surface area (Å²) in [6.45, 7) is 3.84. The second-order valence-electron chi connectivity index (χ2n) is 7.76. The number of nitrogens with zero attached hydrogens (tertiary/aromatic N) is 7. The van der Waals surface area contributed by atoms with Gasteiger partial charge in [-0.3, -0.25) is 9.48 Å². The van der Waals surface area contributed by atoms with Crippen LogP contribution in [0.2, 0.25) is 0 Å². The van der Waals surface area contributed by atoms with Crippen LogP contribution in [0.5, 0.6) is 0 Å². The molecule has 5 rings (SSSR count). The molecule has 3 heterocycles. The topological polar surface area (TPSA) is 114 Å². The fourth-order valence-corrected chi connectivity index (χ4v) is 4.15. The number of aromatic nitrogens is 6. The van der Waals surface area contributed by atoms with Gasteiger partial charge in [-0.15, -0.1) is 0 Å². The molecule has 9 heteroatoms. The molecular formula is C23H20N8O. The summed E-state index contributed by atoms with van der Waals surface area (Å²) in [6.07, 6.45) is 2.65. The van der Waals surface area contributed by atoms with Crippen LogP contribution < -0.4 is 5.32 Å². The molecule has 1 aliphatic rings. The average Bonchev–Trinajstić information content (AvgIpc) is 3.44. The highest BCUT2D eigenvalue weighted by molar-refractivity contribution is 6.01. The van der Waals surface area contributed by atoms with Gasteiger partial charge in [0.25, 0.3) is 0 Å². The lowest BCUT2D eigenvalue weighted by molar-refractivity contribution is 0.0994. The maximum Gasteiger partial charge on any atom is 0.166 e. The van der Waals surface area contributed by atoms with Crippen LogP contribution in [0.4, 0.5) is 11.6 Å². The molecule has 32 heavy (non-hydrogen) atoms. The SMILES string of the molecule is Cc1nn(-c2cc(Nc3c(C)c(-c4ccc(C#N)cc4)nn3C)ncn2)c2c1C(=O)CC2. The van der Waals surface area contributed by atoms with Crippen molar-refractivity contribution in [1.82, 2.24) is 29.5 Å². The smallest absolute Gasteiger partial charge is 0.166 e. The van der Waals surface area contributed by atoms with E-state index in [1.54, 1.807) is 21.5 Å². The first-order chi connectivity index (χ1) is 15.5. The molecule has 1 N–H and O–H groups in total. The summed E-state index contributed by atoms with van der Waals surface area (Å²) in [4.78, 5) is 20.9. The van der Waals surface area contributed by atoms with Gasteiger partial charge in [0.2, 0.25) is 0 Å². The number of carbonyl (C=O) groups excluding carboxylic acids is 1. The fourth-order valence-electron chi connectivity index (χ4n) is 4.15. The Balaban J connectivity index is 1.48. The van der Waals surface area contributed by atoms with Crippen LogP contribution in [0, 0.1) is 25.2 Å². The summed E-state index contributed by atoms with van der Waals surface area (Å²) >= 11 is 0. The van der Waals surface area contributed by atoms with Gasteiger partial charge in [-0.25, -0.2) is 14.6 Å². The Morgan fingerprint density at radius 1 is 1.09 bits per heavy atom. The lowest BCUT2D eigenvalue weighted by Gasteiger charge is -2.09. The second-order valence-corrected chi connectivity index (χ2v) is 7.76. The lowest BCUT2D eigenvalue weighted by Crippen LogP contribution is -2.07. The van der Waals surface area contributed by atoms with E-state index >= 15 is 0 Å². The monoisotopic (exact) mass is 424 g/mol. The van der Waals surface area contributed by atoms with Crippen LogP contribution in [-0.2, 0) is 13.5 Å². The Morgan fingerprint density at radius 3 is 2.62 bits per heavy atom. The summed E-state index contributed by atoms with van der Waals surface area (Å²) in [5, 5.41) is 21.5. The summed E-state index contributed by atoms with van der Waals surface area (Å²) in [7, 11) is 1.86. The maximum absolute atomic E-state index is 12.1. The third-order valence-electron chi connectivity index (χ3n) is 5.71. The standard InChI is InChI=1S/C23H20N8O/c1-13-22(16-6-4-15(11-24)5-7-16)29-30(3)23(13)27-19-10-20(26-12-25-19)31-17-8-9-18(32)21(17)14(2)28-31/h4-7,10,12H,8-9H2,1-3H3,(H,25,26,27). The van der Waals surface area contributed by atoms with Crippen LogP contribution in [0.15, 0.2) is 36.7 Å². The molecule has 0 bridgehead atoms. The van der Waals surface area contributed by atoms with Crippen molar-refractivity contribution in [2.24, 2.45) is 7.05 Å². The second kappa shape index (κ2) is 7.42. The van der Waals surface area contributed by atoms with Gasteiger partial charge in [-0.1, -0.05) is 12.1 Å². The summed E-state index contributed by atoms with van der Waals surface area (Å²) in [5.41, 5.74) is 5.67. The number of aryl methyl sites for hydroxylation is 2. The molecule has 0 fully saturated rings. The van der Waals surface area contributed by atoms with E-state index in [2.05, 4.69) is 31.6 Å². The molecule has 0 amide bonds. The minimum absolute atomic E-state index is 0.136. The van der Waals surface area contributed by atoms with Gasteiger partial charge in [-0.2, -0.15) is 15.5 Å². The summed E-state index contributed by atoms with van der Waals surface area (Å²) in [6, 6.07) is 11.3. The molecule has 1 aliphatic carbocycles. The van der Waals surface area contributed by atoms with Crippen molar-refractivity contribution < 1.29 is 4.79 Å². The van der Waals surface area contributed by atoms with Gasteiger partial charge in [-0.05, 0) is 32.4 Å². The van der Waals surface area contributed by atoms with Gasteiger partial charge in [0.1, 0.15) is 18.0 Å². The van der Waals surface area contributed by atoms with Crippen molar-refractivity contribution in [3.8, 4) is 23.1 Å². The van der Waals surface area contributed by atoms with E-state index in [0.717, 1.165) is 34.0 Å². The van der Waals surface area contributed by atoms with Gasteiger partial charge in [0, 0.05) is 30.7 Å². The molecule has 3 aromatic heterocycles. The third-order valence-corrected chi connectivity index (χ3v) is 5.71. The van der Waals surface area contributed by atoms with E-state index < -0.39 is 0 Å². The van der Waals surface area contributed by atoms with E-state index in [1.165, 1.54) is 6.33 Å². The highest BCUT2D eigenvalue weighted by Crippen LogP contribution is 2.30. The number of hydrogen-bond donors (Lipinski definition) is 1. The van der Waals surface area contributed by atoms with E-state index in [4.69, 9.17) is 5.26 Å². The van der Waals surface area contributed by atoms with Gasteiger partial charge in [0.15, 0.2) is 11.6 Å². The van der Waals surface area contributed by atoms with E-state index in [1.807, 2.05) is 39.1 Å². The quantitative estimate of drug-likeness (QED) is 0.534. The predicted octanol–water partition coefficient (Wildman–Crippen LogP) is 3.42. The van der Waals surface area contributed by atoms with Crippen molar-refractivity contribution in [1.29, 1.82) is 5.26 Å².